The molecule has 4 nitrogen and oxygen atoms in total. The van der Waals surface area contributed by atoms with Crippen LogP contribution in [0.3, 0.4) is 0 Å². The van der Waals surface area contributed by atoms with Crippen molar-refractivity contribution in [2.24, 2.45) is 0 Å². The molecular weight excluding hydrogens is 134 g/mol. The van der Waals surface area contributed by atoms with E-state index in [1.165, 1.54) is 6.92 Å². The first-order valence-corrected chi connectivity index (χ1v) is 3.28. The Morgan fingerprint density at radius 3 is 2.80 bits per heavy atom. The lowest BCUT2D eigenvalue weighted by Crippen LogP contribution is -2.33. The van der Waals surface area contributed by atoms with Gasteiger partial charge in [0.05, 0.1) is 6.61 Å². The number of aliphatic carboxylic acids is 1. The maximum Gasteiger partial charge on any atom is 0.322 e. The molecule has 0 radical (unpaired) electrons. The van der Waals surface area contributed by atoms with Crippen molar-refractivity contribution < 1.29 is 14.7 Å². The van der Waals surface area contributed by atoms with Gasteiger partial charge in [0.1, 0.15) is 6.04 Å². The topological polar surface area (TPSA) is 58.6 Å². The molecule has 0 saturated carbocycles. The van der Waals surface area contributed by atoms with Gasteiger partial charge in [-0.05, 0) is 13.3 Å². The van der Waals surface area contributed by atoms with E-state index in [0.717, 1.165) is 6.42 Å². The third kappa shape index (κ3) is 4.29. The zero-order chi connectivity index (χ0) is 7.98. The average molecular weight is 147 g/mol. The van der Waals surface area contributed by atoms with Crippen LogP contribution in [0, 0.1) is 0 Å². The molecule has 10 heavy (non-hydrogen) atoms. The van der Waals surface area contributed by atoms with E-state index in [1.54, 1.807) is 0 Å². The lowest BCUT2D eigenvalue weighted by Gasteiger charge is -2.07. The van der Waals surface area contributed by atoms with Gasteiger partial charge in [0.25, 0.3) is 0 Å². The summed E-state index contributed by atoms with van der Waals surface area (Å²) in [4.78, 5) is 14.9. The minimum atomic E-state index is -0.906. The molecule has 0 saturated heterocycles. The molecule has 60 valence electrons. The first-order valence-electron chi connectivity index (χ1n) is 3.28. The van der Waals surface area contributed by atoms with E-state index in [-0.39, 0.29) is 0 Å². The van der Waals surface area contributed by atoms with Crippen LogP contribution in [0.5, 0.6) is 0 Å². The van der Waals surface area contributed by atoms with Gasteiger partial charge >= 0.3 is 5.97 Å². The molecule has 4 heteroatoms. The highest BCUT2D eigenvalue weighted by Gasteiger charge is 2.08. The van der Waals surface area contributed by atoms with Crippen molar-refractivity contribution in [2.45, 2.75) is 26.3 Å². The van der Waals surface area contributed by atoms with Crippen molar-refractivity contribution in [3.8, 4) is 0 Å². The first kappa shape index (κ1) is 9.39. The third-order valence-electron chi connectivity index (χ3n) is 0.937. The fourth-order valence-electron chi connectivity index (χ4n) is 0.336. The van der Waals surface area contributed by atoms with Gasteiger partial charge in [0, 0.05) is 0 Å². The number of carbonyl (C=O) groups is 1. The Hall–Kier alpha value is -0.610. The standard InChI is InChI=1S/C6H13NO3/c1-3-4-10-7-5(2)6(8)9/h5,7H,3-4H2,1-2H3,(H,8,9)/t5-/m0/s1. The van der Waals surface area contributed by atoms with Gasteiger partial charge in [-0.2, -0.15) is 5.48 Å². The van der Waals surface area contributed by atoms with Crippen LogP contribution in [0.25, 0.3) is 0 Å². The summed E-state index contributed by atoms with van der Waals surface area (Å²) in [6.45, 7) is 4.02. The molecule has 0 aliphatic heterocycles. The quantitative estimate of drug-likeness (QED) is 0.436. The van der Waals surface area contributed by atoms with Crippen LogP contribution in [0.4, 0.5) is 0 Å². The minimum Gasteiger partial charge on any atom is -0.480 e. The van der Waals surface area contributed by atoms with Gasteiger partial charge in [-0.15, -0.1) is 0 Å². The monoisotopic (exact) mass is 147 g/mol. The summed E-state index contributed by atoms with van der Waals surface area (Å²) >= 11 is 0. The van der Waals surface area contributed by atoms with Crippen molar-refractivity contribution in [3.05, 3.63) is 0 Å². The molecule has 0 aromatic carbocycles. The first-order chi connectivity index (χ1) is 4.68. The zero-order valence-corrected chi connectivity index (χ0v) is 6.26. The summed E-state index contributed by atoms with van der Waals surface area (Å²) in [5, 5.41) is 8.34. The van der Waals surface area contributed by atoms with Crippen LogP contribution < -0.4 is 5.48 Å². The van der Waals surface area contributed by atoms with Crippen LogP contribution in [0.1, 0.15) is 20.3 Å². The Morgan fingerprint density at radius 2 is 2.40 bits per heavy atom. The molecule has 0 aliphatic carbocycles. The highest BCUT2D eigenvalue weighted by molar-refractivity contribution is 5.72. The van der Waals surface area contributed by atoms with E-state index in [4.69, 9.17) is 9.94 Å². The Bertz CT molecular complexity index is 105. The fraction of sp³-hybridized carbons (Fsp3) is 0.833. The number of nitrogens with one attached hydrogen (secondary N) is 1. The van der Waals surface area contributed by atoms with Crippen molar-refractivity contribution in [1.29, 1.82) is 0 Å². The second kappa shape index (κ2) is 5.20. The fourth-order valence-corrected chi connectivity index (χ4v) is 0.336. The molecule has 0 fully saturated rings. The Kier molecular flexibility index (Phi) is 4.88. The predicted octanol–water partition coefficient (Wildman–Crippen LogP) is 0.391. The van der Waals surface area contributed by atoms with E-state index in [1.807, 2.05) is 6.92 Å². The van der Waals surface area contributed by atoms with E-state index < -0.39 is 12.0 Å². The van der Waals surface area contributed by atoms with E-state index in [2.05, 4.69) is 5.48 Å². The summed E-state index contributed by atoms with van der Waals surface area (Å²) in [6, 6.07) is -0.633. The van der Waals surface area contributed by atoms with Gasteiger partial charge in [-0.1, -0.05) is 6.92 Å². The van der Waals surface area contributed by atoms with E-state index in [0.29, 0.717) is 6.61 Å². The number of carboxylic acid groups (broad SMARTS) is 1. The molecule has 0 spiro atoms. The van der Waals surface area contributed by atoms with Crippen LogP contribution in [-0.4, -0.2) is 23.7 Å². The van der Waals surface area contributed by atoms with Crippen molar-refractivity contribution >= 4 is 5.97 Å². The number of carboxylic acids is 1. The normalized spacial score (nSPS) is 13.0. The highest BCUT2D eigenvalue weighted by atomic mass is 16.6. The summed E-state index contributed by atoms with van der Waals surface area (Å²) in [5.74, 6) is -0.906. The maximum absolute atomic E-state index is 10.2. The van der Waals surface area contributed by atoms with Crippen molar-refractivity contribution in [1.82, 2.24) is 5.48 Å². The lowest BCUT2D eigenvalue weighted by atomic mass is 10.4. The van der Waals surface area contributed by atoms with E-state index >= 15 is 0 Å². The molecule has 0 bridgehead atoms. The Morgan fingerprint density at radius 1 is 1.80 bits per heavy atom. The SMILES string of the molecule is CCCON[C@@H](C)C(=O)O. The van der Waals surface area contributed by atoms with Crippen molar-refractivity contribution in [2.75, 3.05) is 6.61 Å². The summed E-state index contributed by atoms with van der Waals surface area (Å²) in [6.07, 6.45) is 0.874. The molecule has 0 aromatic rings. The maximum atomic E-state index is 10.2. The third-order valence-corrected chi connectivity index (χ3v) is 0.937. The molecule has 0 aliphatic rings. The smallest absolute Gasteiger partial charge is 0.322 e. The molecule has 0 unspecified atom stereocenters. The van der Waals surface area contributed by atoms with Gasteiger partial charge in [-0.25, -0.2) is 0 Å². The highest BCUT2D eigenvalue weighted by Crippen LogP contribution is 1.82. The Balaban J connectivity index is 3.21. The van der Waals surface area contributed by atoms with Crippen LogP contribution in [0.15, 0.2) is 0 Å². The second-order valence-corrected chi connectivity index (χ2v) is 2.03. The summed E-state index contributed by atoms with van der Waals surface area (Å²) in [5.41, 5.74) is 2.38. The van der Waals surface area contributed by atoms with Crippen LogP contribution in [-0.2, 0) is 9.63 Å². The number of hydroxylamine groups is 1. The minimum absolute atomic E-state index is 0.539. The lowest BCUT2D eigenvalue weighted by molar-refractivity contribution is -0.143. The summed E-state index contributed by atoms with van der Waals surface area (Å²) in [7, 11) is 0. The molecule has 0 heterocycles. The Labute approximate surface area is 60.1 Å². The van der Waals surface area contributed by atoms with Gasteiger partial charge in [-0.3, -0.25) is 4.79 Å². The molecule has 0 rings (SSSR count). The number of rotatable bonds is 5. The van der Waals surface area contributed by atoms with Crippen LogP contribution in [0.2, 0.25) is 0 Å². The van der Waals surface area contributed by atoms with Crippen molar-refractivity contribution in [3.63, 3.8) is 0 Å². The molecule has 0 amide bonds. The second-order valence-electron chi connectivity index (χ2n) is 2.03. The number of hydrogen-bond acceptors (Lipinski definition) is 3. The number of hydrogen-bond donors (Lipinski definition) is 2. The van der Waals surface area contributed by atoms with Gasteiger partial charge in [0.15, 0.2) is 0 Å². The van der Waals surface area contributed by atoms with Gasteiger partial charge in [0.2, 0.25) is 0 Å². The molecular formula is C6H13NO3. The average Bonchev–Trinajstić information content (AvgIpc) is 1.88. The van der Waals surface area contributed by atoms with E-state index in [9.17, 15) is 4.79 Å². The summed E-state index contributed by atoms with van der Waals surface area (Å²) < 4.78 is 0. The predicted molar refractivity (Wildman–Crippen MR) is 36.5 cm³/mol. The molecule has 1 atom stereocenters. The van der Waals surface area contributed by atoms with Gasteiger partial charge < -0.3 is 9.94 Å². The molecule has 0 aromatic heterocycles. The zero-order valence-electron chi connectivity index (χ0n) is 6.26. The largest absolute Gasteiger partial charge is 0.480 e. The molecule has 2 N–H and O–H groups in total. The van der Waals surface area contributed by atoms with Crippen LogP contribution >= 0.6 is 0 Å².